The van der Waals surface area contributed by atoms with E-state index in [-0.39, 0.29) is 11.8 Å². The van der Waals surface area contributed by atoms with Crippen LogP contribution in [0.2, 0.25) is 0 Å². The van der Waals surface area contributed by atoms with Crippen LogP contribution in [-0.2, 0) is 0 Å². The predicted octanol–water partition coefficient (Wildman–Crippen LogP) is 2.35. The van der Waals surface area contributed by atoms with Crippen molar-refractivity contribution in [1.82, 2.24) is 10.9 Å². The highest BCUT2D eigenvalue weighted by Crippen LogP contribution is 2.35. The molecule has 0 aliphatic carbocycles. The van der Waals surface area contributed by atoms with Crippen LogP contribution >= 0.6 is 0 Å². The van der Waals surface area contributed by atoms with Gasteiger partial charge in [0, 0.05) is 11.1 Å². The van der Waals surface area contributed by atoms with Gasteiger partial charge in [0.1, 0.15) is 0 Å². The lowest BCUT2D eigenvalue weighted by Gasteiger charge is -2.14. The Morgan fingerprint density at radius 1 is 0.577 bits per heavy atom. The Kier molecular flexibility index (Phi) is 3.76. The molecule has 0 aliphatic rings. The molecule has 6 nitrogen and oxygen atoms in total. The van der Waals surface area contributed by atoms with Gasteiger partial charge in [-0.15, -0.1) is 0 Å². The number of amides is 2. The SMILES string of the molecule is NNC(=O)c1cc2c3ccccc3c(C(=O)NN)cc2c2ccccc12. The normalized spacial score (nSPS) is 11.0. The summed E-state index contributed by atoms with van der Waals surface area (Å²) in [5.41, 5.74) is 5.38. The fourth-order valence-electron chi connectivity index (χ4n) is 3.48. The summed E-state index contributed by atoms with van der Waals surface area (Å²) < 4.78 is 0. The van der Waals surface area contributed by atoms with Crippen LogP contribution in [0.3, 0.4) is 0 Å². The number of fused-ring (bicyclic) bond motifs is 5. The van der Waals surface area contributed by atoms with E-state index in [0.717, 1.165) is 32.3 Å². The number of nitrogen functional groups attached to an aromatic ring is 2. The van der Waals surface area contributed by atoms with Gasteiger partial charge in [-0.2, -0.15) is 0 Å². The third kappa shape index (κ3) is 2.28. The molecule has 0 fully saturated rings. The number of hydrogen-bond acceptors (Lipinski definition) is 4. The molecular weight excluding hydrogens is 328 g/mol. The van der Waals surface area contributed by atoms with Crippen LogP contribution in [0.1, 0.15) is 20.7 Å². The van der Waals surface area contributed by atoms with Crippen molar-refractivity contribution in [3.05, 3.63) is 71.8 Å². The first-order valence-electron chi connectivity index (χ1n) is 8.04. The van der Waals surface area contributed by atoms with Gasteiger partial charge in [-0.25, -0.2) is 11.7 Å². The van der Waals surface area contributed by atoms with Gasteiger partial charge in [-0.1, -0.05) is 48.5 Å². The minimum atomic E-state index is -0.365. The lowest BCUT2D eigenvalue weighted by Crippen LogP contribution is -2.30. The average molecular weight is 344 g/mol. The Bertz CT molecular complexity index is 1110. The van der Waals surface area contributed by atoms with Crippen molar-refractivity contribution in [3.8, 4) is 0 Å². The molecule has 0 saturated carbocycles. The van der Waals surface area contributed by atoms with E-state index in [9.17, 15) is 9.59 Å². The second-order valence-electron chi connectivity index (χ2n) is 5.98. The average Bonchev–Trinajstić information content (AvgIpc) is 2.71. The smallest absolute Gasteiger partial charge is 0.265 e. The number of benzene rings is 4. The first-order chi connectivity index (χ1) is 12.7. The zero-order valence-corrected chi connectivity index (χ0v) is 13.7. The molecule has 26 heavy (non-hydrogen) atoms. The largest absolute Gasteiger partial charge is 0.290 e. The molecule has 0 aliphatic heterocycles. The zero-order valence-electron chi connectivity index (χ0n) is 13.7. The molecule has 0 spiro atoms. The number of hydrazine groups is 2. The molecule has 0 atom stereocenters. The first kappa shape index (κ1) is 16.0. The minimum Gasteiger partial charge on any atom is -0.290 e. The second-order valence-corrected chi connectivity index (χ2v) is 5.98. The quantitative estimate of drug-likeness (QED) is 0.194. The Hall–Kier alpha value is -3.48. The third-order valence-corrected chi connectivity index (χ3v) is 4.63. The van der Waals surface area contributed by atoms with E-state index in [1.54, 1.807) is 0 Å². The molecule has 0 radical (unpaired) electrons. The molecule has 4 rings (SSSR count). The summed E-state index contributed by atoms with van der Waals surface area (Å²) >= 11 is 0. The third-order valence-electron chi connectivity index (χ3n) is 4.63. The van der Waals surface area contributed by atoms with E-state index >= 15 is 0 Å². The standard InChI is InChI=1S/C20H16N4O2/c21-23-19(25)17-10-16-12-6-2-4-8-14(12)18(20(26)24-22)9-15(16)11-5-1-3-7-13(11)17/h1-10H,21-22H2,(H,23,25)(H,24,26). The van der Waals surface area contributed by atoms with Crippen LogP contribution in [0.4, 0.5) is 0 Å². The summed E-state index contributed by atoms with van der Waals surface area (Å²) in [6.45, 7) is 0. The van der Waals surface area contributed by atoms with Crippen molar-refractivity contribution in [3.63, 3.8) is 0 Å². The lowest BCUT2D eigenvalue weighted by molar-refractivity contribution is 0.0947. The summed E-state index contributed by atoms with van der Waals surface area (Å²) in [6, 6.07) is 18.7. The van der Waals surface area contributed by atoms with Gasteiger partial charge < -0.3 is 0 Å². The van der Waals surface area contributed by atoms with Crippen LogP contribution in [-0.4, -0.2) is 11.8 Å². The molecule has 128 valence electrons. The second kappa shape index (κ2) is 6.11. The zero-order chi connectivity index (χ0) is 18.3. The van der Waals surface area contributed by atoms with Crippen molar-refractivity contribution < 1.29 is 9.59 Å². The van der Waals surface area contributed by atoms with Crippen molar-refractivity contribution in [2.75, 3.05) is 0 Å². The van der Waals surface area contributed by atoms with Gasteiger partial charge in [0.25, 0.3) is 11.8 Å². The fourth-order valence-corrected chi connectivity index (χ4v) is 3.48. The summed E-state index contributed by atoms with van der Waals surface area (Å²) in [5.74, 6) is 10.0. The minimum absolute atomic E-state index is 0.365. The van der Waals surface area contributed by atoms with Crippen LogP contribution < -0.4 is 22.5 Å². The molecular formula is C20H16N4O2. The van der Waals surface area contributed by atoms with Gasteiger partial charge in [-0.3, -0.25) is 20.4 Å². The van der Waals surface area contributed by atoms with E-state index in [0.29, 0.717) is 11.1 Å². The van der Waals surface area contributed by atoms with E-state index in [1.165, 1.54) is 0 Å². The summed E-state index contributed by atoms with van der Waals surface area (Å²) in [7, 11) is 0. The lowest BCUT2D eigenvalue weighted by atomic mass is 9.91. The Morgan fingerprint density at radius 3 is 1.27 bits per heavy atom. The first-order valence-corrected chi connectivity index (χ1v) is 8.04. The van der Waals surface area contributed by atoms with Gasteiger partial charge in [-0.05, 0) is 44.5 Å². The molecule has 0 aromatic heterocycles. The van der Waals surface area contributed by atoms with Crippen LogP contribution in [0.15, 0.2) is 60.7 Å². The van der Waals surface area contributed by atoms with Gasteiger partial charge >= 0.3 is 0 Å². The molecule has 6 N–H and O–H groups in total. The summed E-state index contributed by atoms with van der Waals surface area (Å²) in [4.78, 5) is 24.6. The van der Waals surface area contributed by atoms with E-state index < -0.39 is 0 Å². The van der Waals surface area contributed by atoms with Gasteiger partial charge in [0.2, 0.25) is 0 Å². The maximum atomic E-state index is 12.3. The van der Waals surface area contributed by atoms with Crippen molar-refractivity contribution in [1.29, 1.82) is 0 Å². The Labute approximate surface area is 148 Å². The summed E-state index contributed by atoms with van der Waals surface area (Å²) in [6.07, 6.45) is 0. The van der Waals surface area contributed by atoms with E-state index in [2.05, 4.69) is 10.9 Å². The van der Waals surface area contributed by atoms with E-state index in [4.69, 9.17) is 11.7 Å². The molecule has 4 aromatic rings. The monoisotopic (exact) mass is 344 g/mol. The molecule has 0 saturated heterocycles. The fraction of sp³-hybridized carbons (Fsp3) is 0. The van der Waals surface area contributed by atoms with Crippen LogP contribution in [0, 0.1) is 0 Å². The van der Waals surface area contributed by atoms with Crippen LogP contribution in [0.25, 0.3) is 32.3 Å². The molecule has 0 bridgehead atoms. The number of carbonyl (C=O) groups is 2. The number of rotatable bonds is 2. The van der Waals surface area contributed by atoms with Crippen molar-refractivity contribution in [2.24, 2.45) is 11.7 Å². The molecule has 2 amide bonds. The Morgan fingerprint density at radius 2 is 0.923 bits per heavy atom. The Balaban J connectivity index is 2.26. The van der Waals surface area contributed by atoms with Crippen LogP contribution in [0.5, 0.6) is 0 Å². The number of nitrogens with one attached hydrogen (secondary N) is 2. The molecule has 0 unspecified atom stereocenters. The number of hydrogen-bond donors (Lipinski definition) is 4. The summed E-state index contributed by atoms with van der Waals surface area (Å²) in [5, 5.41) is 4.98. The number of carbonyl (C=O) groups excluding carboxylic acids is 2. The highest BCUT2D eigenvalue weighted by Gasteiger charge is 2.17. The molecule has 6 heteroatoms. The highest BCUT2D eigenvalue weighted by atomic mass is 16.2. The van der Waals surface area contributed by atoms with Crippen molar-refractivity contribution in [2.45, 2.75) is 0 Å². The maximum Gasteiger partial charge on any atom is 0.265 e. The maximum absolute atomic E-state index is 12.3. The van der Waals surface area contributed by atoms with Gasteiger partial charge in [0.05, 0.1) is 0 Å². The van der Waals surface area contributed by atoms with Gasteiger partial charge in [0.15, 0.2) is 0 Å². The van der Waals surface area contributed by atoms with Crippen molar-refractivity contribution >= 4 is 44.1 Å². The highest BCUT2D eigenvalue weighted by molar-refractivity contribution is 6.25. The molecule has 4 aromatic carbocycles. The topological polar surface area (TPSA) is 110 Å². The van der Waals surface area contributed by atoms with E-state index in [1.807, 2.05) is 60.7 Å². The predicted molar refractivity (Wildman–Crippen MR) is 102 cm³/mol. The molecule has 0 heterocycles. The number of nitrogens with two attached hydrogens (primary N) is 2.